The van der Waals surface area contributed by atoms with E-state index in [4.69, 9.17) is 4.74 Å². The number of ether oxygens (including phenoxy) is 1. The Morgan fingerprint density at radius 2 is 1.79 bits per heavy atom. The van der Waals surface area contributed by atoms with Gasteiger partial charge in [0, 0.05) is 0 Å². The van der Waals surface area contributed by atoms with Gasteiger partial charge >= 0.3 is 0 Å². The lowest BCUT2D eigenvalue weighted by Crippen LogP contribution is -1.92. The summed E-state index contributed by atoms with van der Waals surface area (Å²) in [6, 6.07) is 14.3. The summed E-state index contributed by atoms with van der Waals surface area (Å²) in [5.41, 5.74) is 5.48. The molecule has 1 heteroatoms. The SMILES string of the molecule is C=Cc1cc(OC)ccc1C(=C)c1ccc(C)cc1. The van der Waals surface area contributed by atoms with E-state index in [1.54, 1.807) is 7.11 Å². The third kappa shape index (κ3) is 2.76. The highest BCUT2D eigenvalue weighted by Crippen LogP contribution is 2.28. The van der Waals surface area contributed by atoms with E-state index in [1.165, 1.54) is 5.56 Å². The Kier molecular flexibility index (Phi) is 3.86. The number of methoxy groups -OCH3 is 1. The Morgan fingerprint density at radius 1 is 1.11 bits per heavy atom. The largest absolute Gasteiger partial charge is 0.497 e. The van der Waals surface area contributed by atoms with Crippen molar-refractivity contribution < 1.29 is 4.74 Å². The summed E-state index contributed by atoms with van der Waals surface area (Å²) in [7, 11) is 1.66. The standard InChI is InChI=1S/C18H18O/c1-5-15-12-17(19-4)10-11-18(15)14(3)16-8-6-13(2)7-9-16/h5-12H,1,3H2,2,4H3. The van der Waals surface area contributed by atoms with Gasteiger partial charge in [0.2, 0.25) is 0 Å². The number of rotatable bonds is 4. The van der Waals surface area contributed by atoms with Gasteiger partial charge in [-0.05, 0) is 41.3 Å². The summed E-state index contributed by atoms with van der Waals surface area (Å²) in [6.07, 6.45) is 1.83. The first-order valence-electron chi connectivity index (χ1n) is 6.22. The normalized spacial score (nSPS) is 10.0. The molecule has 0 unspecified atom stereocenters. The molecular weight excluding hydrogens is 232 g/mol. The van der Waals surface area contributed by atoms with Crippen molar-refractivity contribution in [2.24, 2.45) is 0 Å². The molecule has 0 spiro atoms. The highest BCUT2D eigenvalue weighted by molar-refractivity contribution is 5.83. The highest BCUT2D eigenvalue weighted by Gasteiger charge is 2.07. The first-order chi connectivity index (χ1) is 9.15. The smallest absolute Gasteiger partial charge is 0.119 e. The van der Waals surface area contributed by atoms with E-state index in [9.17, 15) is 0 Å². The van der Waals surface area contributed by atoms with Crippen LogP contribution in [0.2, 0.25) is 0 Å². The van der Waals surface area contributed by atoms with E-state index < -0.39 is 0 Å². The highest BCUT2D eigenvalue weighted by atomic mass is 16.5. The molecule has 0 aliphatic heterocycles. The molecule has 0 radical (unpaired) electrons. The van der Waals surface area contributed by atoms with E-state index >= 15 is 0 Å². The second-order valence-corrected chi connectivity index (χ2v) is 4.50. The van der Waals surface area contributed by atoms with Crippen LogP contribution in [0.4, 0.5) is 0 Å². The lowest BCUT2D eigenvalue weighted by molar-refractivity contribution is 0.414. The van der Waals surface area contributed by atoms with Crippen LogP contribution in [0.25, 0.3) is 11.6 Å². The van der Waals surface area contributed by atoms with Crippen molar-refractivity contribution in [3.63, 3.8) is 0 Å². The third-order valence-electron chi connectivity index (χ3n) is 3.20. The summed E-state index contributed by atoms with van der Waals surface area (Å²) in [5.74, 6) is 0.829. The van der Waals surface area contributed by atoms with Crippen molar-refractivity contribution in [3.8, 4) is 5.75 Å². The quantitative estimate of drug-likeness (QED) is 0.763. The Hall–Kier alpha value is -2.28. The molecule has 2 aromatic carbocycles. The second kappa shape index (κ2) is 5.57. The summed E-state index contributed by atoms with van der Waals surface area (Å²) in [4.78, 5) is 0. The zero-order valence-corrected chi connectivity index (χ0v) is 11.4. The molecule has 96 valence electrons. The number of hydrogen-bond donors (Lipinski definition) is 0. The molecule has 0 bridgehead atoms. The number of aryl methyl sites for hydroxylation is 1. The van der Waals surface area contributed by atoms with E-state index in [-0.39, 0.29) is 0 Å². The maximum absolute atomic E-state index is 5.24. The van der Waals surface area contributed by atoms with Gasteiger partial charge in [-0.25, -0.2) is 0 Å². The molecule has 0 N–H and O–H groups in total. The summed E-state index contributed by atoms with van der Waals surface area (Å²) >= 11 is 0. The van der Waals surface area contributed by atoms with Gasteiger partial charge in [0.25, 0.3) is 0 Å². The predicted molar refractivity (Wildman–Crippen MR) is 82.4 cm³/mol. The molecule has 2 rings (SSSR count). The van der Waals surface area contributed by atoms with Crippen molar-refractivity contribution in [2.75, 3.05) is 7.11 Å². The molecule has 0 aromatic heterocycles. The van der Waals surface area contributed by atoms with E-state index in [0.717, 1.165) is 28.0 Å². The predicted octanol–water partition coefficient (Wildman–Crippen LogP) is 4.71. The molecule has 0 heterocycles. The Labute approximate surface area is 114 Å². The third-order valence-corrected chi connectivity index (χ3v) is 3.20. The van der Waals surface area contributed by atoms with Crippen LogP contribution in [0, 0.1) is 6.92 Å². The van der Waals surface area contributed by atoms with Gasteiger partial charge in [-0.15, -0.1) is 0 Å². The molecule has 0 aliphatic rings. The van der Waals surface area contributed by atoms with Crippen LogP contribution in [0.1, 0.15) is 22.3 Å². The van der Waals surface area contributed by atoms with Crippen LogP contribution in [0.5, 0.6) is 5.75 Å². The van der Waals surface area contributed by atoms with Crippen molar-refractivity contribution in [1.29, 1.82) is 0 Å². The van der Waals surface area contributed by atoms with Crippen LogP contribution in [0.15, 0.2) is 55.6 Å². The van der Waals surface area contributed by atoms with Crippen LogP contribution >= 0.6 is 0 Å². The van der Waals surface area contributed by atoms with E-state index in [0.29, 0.717) is 0 Å². The monoisotopic (exact) mass is 250 g/mol. The maximum Gasteiger partial charge on any atom is 0.119 e. The summed E-state index contributed by atoms with van der Waals surface area (Å²) in [5, 5.41) is 0. The average molecular weight is 250 g/mol. The van der Waals surface area contributed by atoms with Crippen LogP contribution < -0.4 is 4.74 Å². The van der Waals surface area contributed by atoms with E-state index in [1.807, 2.05) is 24.3 Å². The fraction of sp³-hybridized carbons (Fsp3) is 0.111. The Morgan fingerprint density at radius 3 is 2.37 bits per heavy atom. The van der Waals surface area contributed by atoms with Crippen LogP contribution in [-0.2, 0) is 0 Å². The minimum atomic E-state index is 0.829. The Balaban J connectivity index is 2.43. The second-order valence-electron chi connectivity index (χ2n) is 4.50. The molecular formula is C18H18O. The van der Waals surface area contributed by atoms with Gasteiger partial charge in [0.15, 0.2) is 0 Å². The average Bonchev–Trinajstić information content (AvgIpc) is 2.46. The molecule has 0 amide bonds. The summed E-state index contributed by atoms with van der Waals surface area (Å²) in [6.45, 7) is 10.1. The van der Waals surface area contributed by atoms with Gasteiger partial charge < -0.3 is 4.74 Å². The molecule has 1 nitrogen and oxygen atoms in total. The van der Waals surface area contributed by atoms with Crippen molar-refractivity contribution in [1.82, 2.24) is 0 Å². The summed E-state index contributed by atoms with van der Waals surface area (Å²) < 4.78 is 5.24. The van der Waals surface area contributed by atoms with Gasteiger partial charge in [-0.1, -0.05) is 55.1 Å². The fourth-order valence-electron chi connectivity index (χ4n) is 2.02. The first-order valence-corrected chi connectivity index (χ1v) is 6.22. The topological polar surface area (TPSA) is 9.23 Å². The minimum absolute atomic E-state index is 0.829. The molecule has 0 atom stereocenters. The van der Waals surface area contributed by atoms with Gasteiger partial charge in [-0.2, -0.15) is 0 Å². The first kappa shape index (κ1) is 13.2. The molecule has 19 heavy (non-hydrogen) atoms. The molecule has 0 fully saturated rings. The van der Waals surface area contributed by atoms with Crippen molar-refractivity contribution in [2.45, 2.75) is 6.92 Å². The van der Waals surface area contributed by atoms with Crippen LogP contribution in [0.3, 0.4) is 0 Å². The maximum atomic E-state index is 5.24. The van der Waals surface area contributed by atoms with Crippen LogP contribution in [-0.4, -0.2) is 7.11 Å². The number of benzene rings is 2. The lowest BCUT2D eigenvalue weighted by Gasteiger charge is -2.12. The molecule has 0 saturated heterocycles. The van der Waals surface area contributed by atoms with E-state index in [2.05, 4.69) is 44.3 Å². The van der Waals surface area contributed by atoms with Crippen molar-refractivity contribution >= 4 is 11.6 Å². The Bertz CT molecular complexity index is 606. The number of hydrogen-bond acceptors (Lipinski definition) is 1. The molecule has 2 aromatic rings. The van der Waals surface area contributed by atoms with Crippen molar-refractivity contribution in [3.05, 3.63) is 77.9 Å². The molecule has 0 saturated carbocycles. The van der Waals surface area contributed by atoms with Gasteiger partial charge in [0.1, 0.15) is 5.75 Å². The van der Waals surface area contributed by atoms with Gasteiger partial charge in [0.05, 0.1) is 7.11 Å². The lowest BCUT2D eigenvalue weighted by atomic mass is 9.94. The van der Waals surface area contributed by atoms with Gasteiger partial charge in [-0.3, -0.25) is 0 Å². The minimum Gasteiger partial charge on any atom is -0.497 e. The fourth-order valence-corrected chi connectivity index (χ4v) is 2.02. The zero-order chi connectivity index (χ0) is 13.8. The zero-order valence-electron chi connectivity index (χ0n) is 11.4. The molecule has 0 aliphatic carbocycles.